The average molecular weight is 206 g/mol. The largest absolute Gasteiger partial charge is 0.300 e. The molecule has 0 aromatic rings. The molecular weight excluding hydrogens is 194 g/mol. The first-order chi connectivity index (χ1) is 6.34. The van der Waals surface area contributed by atoms with Crippen molar-refractivity contribution in [3.05, 3.63) is 0 Å². The zero-order valence-corrected chi connectivity index (χ0v) is 8.01. The lowest BCUT2D eigenvalue weighted by atomic mass is 10.1. The lowest BCUT2D eigenvalue weighted by Crippen LogP contribution is -2.59. The molecule has 0 aromatic heterocycles. The quantitative estimate of drug-likeness (QED) is 0.646. The Morgan fingerprint density at radius 3 is 2.14 bits per heavy atom. The summed E-state index contributed by atoms with van der Waals surface area (Å²) in [5.74, 6) is -4.27. The van der Waals surface area contributed by atoms with E-state index in [4.69, 9.17) is 0 Å². The molecule has 1 saturated heterocycles. The monoisotopic (exact) mass is 206 g/mol. The van der Waals surface area contributed by atoms with E-state index in [2.05, 4.69) is 5.32 Å². The van der Waals surface area contributed by atoms with E-state index in [1.807, 2.05) is 0 Å². The van der Waals surface area contributed by atoms with Gasteiger partial charge in [0, 0.05) is 6.92 Å². The van der Waals surface area contributed by atoms with Crippen LogP contribution in [-0.4, -0.2) is 41.8 Å². The van der Waals surface area contributed by atoms with E-state index >= 15 is 0 Å². The number of nitrogens with zero attached hydrogens (tertiary/aromatic N) is 1. The van der Waals surface area contributed by atoms with Crippen LogP contribution in [0.25, 0.3) is 0 Å². The highest BCUT2D eigenvalue weighted by molar-refractivity contribution is 5.99. The minimum atomic E-state index is -3.07. The van der Waals surface area contributed by atoms with E-state index in [1.54, 1.807) is 0 Å². The van der Waals surface area contributed by atoms with Crippen LogP contribution in [-0.2, 0) is 9.59 Å². The summed E-state index contributed by atoms with van der Waals surface area (Å²) in [6.07, 6.45) is 0. The molecule has 0 bridgehead atoms. The molecule has 1 heterocycles. The standard InChI is InChI=1S/C8H12F2N2O2/c1-5(8(2,9)10)12-6(13)3-11-4-7(12)14/h5,11H,3-4H2,1-2H3. The SMILES string of the molecule is CC(N1C(=O)CNCC1=O)C(C)(F)F. The molecule has 1 atom stereocenters. The number of carbonyl (C=O) groups excluding carboxylic acids is 2. The van der Waals surface area contributed by atoms with Gasteiger partial charge in [-0.3, -0.25) is 19.8 Å². The van der Waals surface area contributed by atoms with Crippen LogP contribution in [0.4, 0.5) is 8.78 Å². The molecule has 1 unspecified atom stereocenters. The molecule has 1 fully saturated rings. The van der Waals surface area contributed by atoms with Crippen molar-refractivity contribution < 1.29 is 18.4 Å². The van der Waals surface area contributed by atoms with Crippen LogP contribution in [0.5, 0.6) is 0 Å². The second kappa shape index (κ2) is 3.61. The van der Waals surface area contributed by atoms with Crippen LogP contribution >= 0.6 is 0 Å². The molecule has 1 aliphatic rings. The highest BCUT2D eigenvalue weighted by atomic mass is 19.3. The van der Waals surface area contributed by atoms with E-state index in [1.165, 1.54) is 6.92 Å². The number of halogens is 2. The number of hydrogen-bond acceptors (Lipinski definition) is 3. The molecule has 1 aliphatic heterocycles. The van der Waals surface area contributed by atoms with Crippen LogP contribution in [0.1, 0.15) is 13.8 Å². The molecule has 0 spiro atoms. The lowest BCUT2D eigenvalue weighted by Gasteiger charge is -2.33. The third-order valence-corrected chi connectivity index (χ3v) is 2.21. The van der Waals surface area contributed by atoms with Crippen LogP contribution < -0.4 is 5.32 Å². The highest BCUT2D eigenvalue weighted by Crippen LogP contribution is 2.22. The van der Waals surface area contributed by atoms with Crippen molar-refractivity contribution in [1.82, 2.24) is 10.2 Å². The molecule has 0 aliphatic carbocycles. The minimum Gasteiger partial charge on any atom is -0.300 e. The number of hydrogen-bond donors (Lipinski definition) is 1. The molecule has 14 heavy (non-hydrogen) atoms. The summed E-state index contributed by atoms with van der Waals surface area (Å²) in [7, 11) is 0. The lowest BCUT2D eigenvalue weighted by molar-refractivity contribution is -0.158. The number of rotatable bonds is 2. The third-order valence-electron chi connectivity index (χ3n) is 2.21. The van der Waals surface area contributed by atoms with Gasteiger partial charge < -0.3 is 0 Å². The van der Waals surface area contributed by atoms with Gasteiger partial charge in [-0.2, -0.15) is 0 Å². The first kappa shape index (κ1) is 11.0. The zero-order chi connectivity index (χ0) is 10.9. The molecule has 0 radical (unpaired) electrons. The van der Waals surface area contributed by atoms with Crippen molar-refractivity contribution >= 4 is 11.8 Å². The molecule has 2 amide bonds. The van der Waals surface area contributed by atoms with Gasteiger partial charge in [0.15, 0.2) is 0 Å². The molecule has 6 heteroatoms. The second-order valence-corrected chi connectivity index (χ2v) is 3.39. The number of carbonyl (C=O) groups is 2. The van der Waals surface area contributed by atoms with Gasteiger partial charge in [0.2, 0.25) is 11.8 Å². The van der Waals surface area contributed by atoms with Gasteiger partial charge in [-0.25, -0.2) is 8.78 Å². The molecule has 0 aromatic carbocycles. The summed E-state index contributed by atoms with van der Waals surface area (Å²) in [6, 6.07) is -1.38. The van der Waals surface area contributed by atoms with Gasteiger partial charge >= 0.3 is 0 Å². The maximum atomic E-state index is 12.9. The fraction of sp³-hybridized carbons (Fsp3) is 0.750. The van der Waals surface area contributed by atoms with Crippen molar-refractivity contribution in [2.75, 3.05) is 13.1 Å². The van der Waals surface area contributed by atoms with E-state index in [-0.39, 0.29) is 13.1 Å². The van der Waals surface area contributed by atoms with Crippen LogP contribution in [0.2, 0.25) is 0 Å². The first-order valence-electron chi connectivity index (χ1n) is 4.27. The summed E-state index contributed by atoms with van der Waals surface area (Å²) in [5.41, 5.74) is 0. The topological polar surface area (TPSA) is 49.4 Å². The Morgan fingerprint density at radius 2 is 1.79 bits per heavy atom. The van der Waals surface area contributed by atoms with Crippen LogP contribution in [0, 0.1) is 0 Å². The van der Waals surface area contributed by atoms with Crippen molar-refractivity contribution in [2.45, 2.75) is 25.8 Å². The Kier molecular flexibility index (Phi) is 2.84. The Bertz CT molecular complexity index is 247. The zero-order valence-electron chi connectivity index (χ0n) is 8.01. The van der Waals surface area contributed by atoms with E-state index in [9.17, 15) is 18.4 Å². The van der Waals surface area contributed by atoms with Gasteiger partial charge in [0.05, 0.1) is 13.1 Å². The number of amides is 2. The first-order valence-corrected chi connectivity index (χ1v) is 4.27. The Balaban J connectivity index is 2.83. The maximum absolute atomic E-state index is 12.9. The molecule has 0 saturated carbocycles. The van der Waals surface area contributed by atoms with Gasteiger partial charge in [-0.1, -0.05) is 0 Å². The molecule has 1 rings (SSSR count). The third kappa shape index (κ3) is 2.06. The molecule has 1 N–H and O–H groups in total. The predicted octanol–water partition coefficient (Wildman–Crippen LogP) is -0.0115. The fourth-order valence-corrected chi connectivity index (χ4v) is 1.24. The maximum Gasteiger partial charge on any atom is 0.265 e. The molecule has 4 nitrogen and oxygen atoms in total. The second-order valence-electron chi connectivity index (χ2n) is 3.39. The fourth-order valence-electron chi connectivity index (χ4n) is 1.24. The summed E-state index contributed by atoms with van der Waals surface area (Å²) < 4.78 is 25.8. The Morgan fingerprint density at radius 1 is 1.36 bits per heavy atom. The average Bonchev–Trinajstić information content (AvgIpc) is 2.01. The van der Waals surface area contributed by atoms with Crippen molar-refractivity contribution in [3.8, 4) is 0 Å². The van der Waals surface area contributed by atoms with Crippen LogP contribution in [0.15, 0.2) is 0 Å². The van der Waals surface area contributed by atoms with Crippen molar-refractivity contribution in [3.63, 3.8) is 0 Å². The van der Waals surface area contributed by atoms with E-state index in [0.717, 1.165) is 0 Å². The predicted molar refractivity (Wildman–Crippen MR) is 44.8 cm³/mol. The number of imide groups is 1. The molecular formula is C8H12F2N2O2. The van der Waals surface area contributed by atoms with Gasteiger partial charge in [-0.15, -0.1) is 0 Å². The van der Waals surface area contributed by atoms with Gasteiger partial charge in [0.1, 0.15) is 6.04 Å². The minimum absolute atomic E-state index is 0.0633. The number of alkyl halides is 2. The van der Waals surface area contributed by atoms with Crippen molar-refractivity contribution in [1.29, 1.82) is 0 Å². The van der Waals surface area contributed by atoms with E-state index in [0.29, 0.717) is 11.8 Å². The molecule has 80 valence electrons. The number of nitrogens with one attached hydrogen (secondary N) is 1. The summed E-state index contributed by atoms with van der Waals surface area (Å²) in [5, 5.41) is 2.53. The van der Waals surface area contributed by atoms with Crippen LogP contribution in [0.3, 0.4) is 0 Å². The summed E-state index contributed by atoms with van der Waals surface area (Å²) in [4.78, 5) is 23.0. The van der Waals surface area contributed by atoms with Gasteiger partial charge in [0.25, 0.3) is 5.92 Å². The summed E-state index contributed by atoms with van der Waals surface area (Å²) in [6.45, 7) is 1.74. The Hall–Kier alpha value is -1.04. The Labute approximate surface area is 80.3 Å². The normalized spacial score (nSPS) is 21.3. The highest BCUT2D eigenvalue weighted by Gasteiger charge is 2.41. The summed E-state index contributed by atoms with van der Waals surface area (Å²) >= 11 is 0. The van der Waals surface area contributed by atoms with Gasteiger partial charge in [-0.05, 0) is 6.92 Å². The number of piperazine rings is 1. The van der Waals surface area contributed by atoms with Crippen molar-refractivity contribution in [2.24, 2.45) is 0 Å². The van der Waals surface area contributed by atoms with E-state index < -0.39 is 23.8 Å². The smallest absolute Gasteiger partial charge is 0.265 e.